The molecule has 2 heterocycles. The van der Waals surface area contributed by atoms with Gasteiger partial charge in [-0.05, 0) is 51.0 Å². The van der Waals surface area contributed by atoms with Crippen LogP contribution in [0.4, 0.5) is 11.4 Å². The zero-order valence-electron chi connectivity index (χ0n) is 12.1. The summed E-state index contributed by atoms with van der Waals surface area (Å²) in [7, 11) is 0. The molecule has 1 aromatic heterocycles. The van der Waals surface area contributed by atoms with Crippen LogP contribution in [0.2, 0.25) is 0 Å². The first kappa shape index (κ1) is 13.2. The van der Waals surface area contributed by atoms with Gasteiger partial charge in [0.15, 0.2) is 0 Å². The van der Waals surface area contributed by atoms with Crippen molar-refractivity contribution in [3.05, 3.63) is 30.0 Å². The molecule has 106 valence electrons. The predicted molar refractivity (Wildman–Crippen MR) is 83.0 cm³/mol. The van der Waals surface area contributed by atoms with E-state index in [0.717, 1.165) is 54.0 Å². The molecular weight excluding hydrogens is 250 g/mol. The van der Waals surface area contributed by atoms with E-state index >= 15 is 0 Å². The maximum Gasteiger partial charge on any atom is 0.0826 e. The lowest BCUT2D eigenvalue weighted by atomic mass is 10.0. The van der Waals surface area contributed by atoms with Gasteiger partial charge in [0, 0.05) is 35.6 Å². The van der Waals surface area contributed by atoms with E-state index in [9.17, 15) is 0 Å². The summed E-state index contributed by atoms with van der Waals surface area (Å²) in [6.45, 7) is 5.84. The first-order valence-corrected chi connectivity index (χ1v) is 7.10. The van der Waals surface area contributed by atoms with Crippen molar-refractivity contribution < 1.29 is 4.74 Å². The number of nitrogens with two attached hydrogens (primary N) is 1. The number of hydrogen-bond acceptors (Lipinski definition) is 4. The minimum atomic E-state index is -0.0657. The molecule has 0 aliphatic carbocycles. The van der Waals surface area contributed by atoms with Crippen molar-refractivity contribution >= 4 is 22.3 Å². The van der Waals surface area contributed by atoms with E-state index in [1.807, 2.05) is 25.1 Å². The molecule has 0 saturated carbocycles. The SMILES string of the molecule is Cc1cc(NCC2(C)CCCO2)c2cc(N)ccc2n1. The predicted octanol–water partition coefficient (Wildman–Crippen LogP) is 3.11. The third-order valence-electron chi connectivity index (χ3n) is 3.91. The minimum Gasteiger partial charge on any atom is -0.399 e. The molecule has 1 aliphatic heterocycles. The van der Waals surface area contributed by atoms with Crippen LogP contribution >= 0.6 is 0 Å². The number of ether oxygens (including phenoxy) is 1. The van der Waals surface area contributed by atoms with E-state index < -0.39 is 0 Å². The Kier molecular flexibility index (Phi) is 3.26. The Bertz CT molecular complexity index is 633. The zero-order chi connectivity index (χ0) is 14.2. The van der Waals surface area contributed by atoms with Crippen LogP contribution in [-0.4, -0.2) is 23.7 Å². The molecule has 0 spiro atoms. The number of nitrogen functional groups attached to an aromatic ring is 1. The molecule has 0 radical (unpaired) electrons. The van der Waals surface area contributed by atoms with Gasteiger partial charge in [0.05, 0.1) is 11.1 Å². The van der Waals surface area contributed by atoms with Crippen molar-refractivity contribution in [1.82, 2.24) is 4.98 Å². The summed E-state index contributed by atoms with van der Waals surface area (Å²) in [5, 5.41) is 4.58. The number of fused-ring (bicyclic) bond motifs is 1. The van der Waals surface area contributed by atoms with Crippen molar-refractivity contribution in [3.8, 4) is 0 Å². The number of nitrogens with zero attached hydrogens (tertiary/aromatic N) is 1. The molecule has 4 heteroatoms. The van der Waals surface area contributed by atoms with E-state index in [0.29, 0.717) is 0 Å². The maximum absolute atomic E-state index is 5.89. The number of nitrogens with one attached hydrogen (secondary N) is 1. The molecule has 3 rings (SSSR count). The second-order valence-electron chi connectivity index (χ2n) is 5.84. The van der Waals surface area contributed by atoms with Crippen LogP contribution < -0.4 is 11.1 Å². The number of benzene rings is 1. The molecule has 0 bridgehead atoms. The van der Waals surface area contributed by atoms with Crippen molar-refractivity contribution in [2.24, 2.45) is 0 Å². The molecule has 1 unspecified atom stereocenters. The lowest BCUT2D eigenvalue weighted by Crippen LogP contribution is -2.32. The van der Waals surface area contributed by atoms with Gasteiger partial charge < -0.3 is 15.8 Å². The second kappa shape index (κ2) is 4.94. The Hall–Kier alpha value is -1.81. The van der Waals surface area contributed by atoms with E-state index in [4.69, 9.17) is 10.5 Å². The smallest absolute Gasteiger partial charge is 0.0826 e. The van der Waals surface area contributed by atoms with Gasteiger partial charge >= 0.3 is 0 Å². The van der Waals surface area contributed by atoms with Crippen LogP contribution in [0.1, 0.15) is 25.5 Å². The largest absolute Gasteiger partial charge is 0.399 e. The number of hydrogen-bond donors (Lipinski definition) is 2. The quantitative estimate of drug-likeness (QED) is 0.842. The van der Waals surface area contributed by atoms with Gasteiger partial charge in [-0.2, -0.15) is 0 Å². The first-order valence-electron chi connectivity index (χ1n) is 7.10. The summed E-state index contributed by atoms with van der Waals surface area (Å²) in [6, 6.07) is 7.90. The van der Waals surface area contributed by atoms with Gasteiger partial charge in [-0.15, -0.1) is 0 Å². The van der Waals surface area contributed by atoms with E-state index in [1.165, 1.54) is 0 Å². The van der Waals surface area contributed by atoms with Crippen LogP contribution in [0.3, 0.4) is 0 Å². The molecule has 1 atom stereocenters. The summed E-state index contributed by atoms with van der Waals surface area (Å²) in [5.74, 6) is 0. The lowest BCUT2D eigenvalue weighted by molar-refractivity contribution is 0.0315. The van der Waals surface area contributed by atoms with Crippen molar-refractivity contribution in [2.45, 2.75) is 32.3 Å². The average Bonchev–Trinajstić information content (AvgIpc) is 2.84. The Morgan fingerprint density at radius 2 is 2.25 bits per heavy atom. The fraction of sp³-hybridized carbons (Fsp3) is 0.438. The fourth-order valence-electron chi connectivity index (χ4n) is 2.78. The monoisotopic (exact) mass is 271 g/mol. The van der Waals surface area contributed by atoms with Crippen LogP contribution in [0, 0.1) is 6.92 Å². The second-order valence-corrected chi connectivity index (χ2v) is 5.84. The Morgan fingerprint density at radius 1 is 1.40 bits per heavy atom. The third-order valence-corrected chi connectivity index (χ3v) is 3.91. The summed E-state index contributed by atoms with van der Waals surface area (Å²) < 4.78 is 5.83. The summed E-state index contributed by atoms with van der Waals surface area (Å²) in [5.41, 5.74) is 9.64. The van der Waals surface area contributed by atoms with Crippen molar-refractivity contribution in [3.63, 3.8) is 0 Å². The van der Waals surface area contributed by atoms with Crippen LogP contribution in [0.15, 0.2) is 24.3 Å². The highest BCUT2D eigenvalue weighted by molar-refractivity contribution is 5.93. The average molecular weight is 271 g/mol. The van der Waals surface area contributed by atoms with Crippen LogP contribution in [-0.2, 0) is 4.74 Å². The Morgan fingerprint density at radius 3 is 3.00 bits per heavy atom. The highest BCUT2D eigenvalue weighted by Crippen LogP contribution is 2.29. The van der Waals surface area contributed by atoms with Gasteiger partial charge in [0.25, 0.3) is 0 Å². The topological polar surface area (TPSA) is 60.2 Å². The molecule has 20 heavy (non-hydrogen) atoms. The molecular formula is C16H21N3O. The van der Waals surface area contributed by atoms with Gasteiger partial charge in [-0.1, -0.05) is 0 Å². The van der Waals surface area contributed by atoms with Gasteiger partial charge in [-0.3, -0.25) is 4.98 Å². The maximum atomic E-state index is 5.89. The summed E-state index contributed by atoms with van der Waals surface area (Å²) in [4.78, 5) is 4.55. The van der Waals surface area contributed by atoms with Crippen LogP contribution in [0.25, 0.3) is 10.9 Å². The molecule has 3 N–H and O–H groups in total. The van der Waals surface area contributed by atoms with Crippen molar-refractivity contribution in [1.29, 1.82) is 0 Å². The van der Waals surface area contributed by atoms with Gasteiger partial charge in [0.1, 0.15) is 0 Å². The molecule has 1 fully saturated rings. The number of anilines is 2. The molecule has 4 nitrogen and oxygen atoms in total. The lowest BCUT2D eigenvalue weighted by Gasteiger charge is -2.24. The Labute approximate surface area is 119 Å². The molecule has 2 aromatic rings. The molecule has 1 aliphatic rings. The number of pyridine rings is 1. The highest BCUT2D eigenvalue weighted by atomic mass is 16.5. The number of aryl methyl sites for hydroxylation is 1. The van der Waals surface area contributed by atoms with E-state index in [2.05, 4.69) is 23.3 Å². The fourth-order valence-corrected chi connectivity index (χ4v) is 2.78. The minimum absolute atomic E-state index is 0.0657. The van der Waals surface area contributed by atoms with E-state index in [1.54, 1.807) is 0 Å². The normalized spacial score (nSPS) is 22.3. The Balaban J connectivity index is 1.91. The summed E-state index contributed by atoms with van der Waals surface area (Å²) >= 11 is 0. The molecule has 1 aromatic carbocycles. The van der Waals surface area contributed by atoms with Gasteiger partial charge in [0.2, 0.25) is 0 Å². The number of rotatable bonds is 3. The van der Waals surface area contributed by atoms with Crippen molar-refractivity contribution in [2.75, 3.05) is 24.2 Å². The number of aromatic nitrogens is 1. The van der Waals surface area contributed by atoms with Gasteiger partial charge in [-0.25, -0.2) is 0 Å². The third kappa shape index (κ3) is 2.56. The van der Waals surface area contributed by atoms with Crippen LogP contribution in [0.5, 0.6) is 0 Å². The molecule has 0 amide bonds. The summed E-state index contributed by atoms with van der Waals surface area (Å²) in [6.07, 6.45) is 2.24. The highest BCUT2D eigenvalue weighted by Gasteiger charge is 2.29. The molecule has 1 saturated heterocycles. The first-order chi connectivity index (χ1) is 9.56. The zero-order valence-corrected chi connectivity index (χ0v) is 12.1. The van der Waals surface area contributed by atoms with E-state index in [-0.39, 0.29) is 5.60 Å². The standard InChI is InChI=1S/C16H21N3O/c1-11-8-15(18-10-16(2)6-3-7-20-16)13-9-12(17)4-5-14(13)19-11/h4-5,8-9H,3,6-7,10,17H2,1-2H3,(H,18,19).